The highest BCUT2D eigenvalue weighted by Crippen LogP contribution is 2.31. The molecule has 0 aliphatic rings. The van der Waals surface area contributed by atoms with Gasteiger partial charge in [0.05, 0.1) is 10.7 Å². The molecule has 0 aliphatic heterocycles. The molecule has 0 saturated heterocycles. The lowest BCUT2D eigenvalue weighted by atomic mass is 9.98. The second-order valence-electron chi connectivity index (χ2n) is 7.67. The molecule has 4 rings (SSSR count). The van der Waals surface area contributed by atoms with Crippen LogP contribution in [-0.2, 0) is 0 Å². The fourth-order valence-corrected chi connectivity index (χ4v) is 4.09. The van der Waals surface area contributed by atoms with E-state index in [1.54, 1.807) is 30.3 Å². The van der Waals surface area contributed by atoms with E-state index < -0.39 is 0 Å². The number of amides is 1. The van der Waals surface area contributed by atoms with Gasteiger partial charge < -0.3 is 9.73 Å². The molecule has 5 nitrogen and oxygen atoms in total. The number of hydrogen-bond donors (Lipinski definition) is 2. The van der Waals surface area contributed by atoms with Gasteiger partial charge in [-0.3, -0.25) is 10.1 Å². The lowest BCUT2D eigenvalue weighted by molar-refractivity contribution is 0.0977. The number of rotatable bonds is 5. The first-order valence-electron chi connectivity index (χ1n) is 10.4. The van der Waals surface area contributed by atoms with Crippen molar-refractivity contribution in [2.24, 2.45) is 0 Å². The normalized spacial score (nSPS) is 11.9. The fourth-order valence-electron chi connectivity index (χ4n) is 3.32. The third kappa shape index (κ3) is 5.43. The van der Waals surface area contributed by atoms with Crippen molar-refractivity contribution in [3.8, 4) is 11.5 Å². The van der Waals surface area contributed by atoms with Gasteiger partial charge in [-0.15, -0.1) is 0 Å². The average Bonchev–Trinajstić information content (AvgIpc) is 3.23. The molecule has 1 heterocycles. The van der Waals surface area contributed by atoms with E-state index in [0.29, 0.717) is 28.1 Å². The van der Waals surface area contributed by atoms with Crippen LogP contribution < -0.4 is 10.6 Å². The lowest BCUT2D eigenvalue weighted by Crippen LogP contribution is -2.34. The Labute approximate surface area is 210 Å². The van der Waals surface area contributed by atoms with E-state index in [1.165, 1.54) is 5.56 Å². The largest absolute Gasteiger partial charge is 0.436 e. The van der Waals surface area contributed by atoms with Crippen LogP contribution in [0.25, 0.3) is 22.6 Å². The molecule has 1 aromatic heterocycles. The van der Waals surface area contributed by atoms with Gasteiger partial charge in [-0.1, -0.05) is 53.5 Å². The Morgan fingerprint density at radius 2 is 2.00 bits per heavy atom. The number of halogens is 2. The Morgan fingerprint density at radius 1 is 1.18 bits per heavy atom. The summed E-state index contributed by atoms with van der Waals surface area (Å²) in [4.78, 5) is 17.1. The van der Waals surface area contributed by atoms with Gasteiger partial charge in [0, 0.05) is 15.6 Å². The number of aromatic nitrogens is 1. The molecule has 8 heteroatoms. The molecule has 3 aromatic carbocycles. The number of oxazole rings is 1. The highest BCUT2D eigenvalue weighted by atomic mass is 79.9. The Kier molecular flexibility index (Phi) is 7.12. The van der Waals surface area contributed by atoms with E-state index in [-0.39, 0.29) is 11.0 Å². The van der Waals surface area contributed by atoms with Gasteiger partial charge in [0.2, 0.25) is 5.89 Å². The number of carbonyl (C=O) groups excluding carboxylic acids is 1. The molecule has 0 spiro atoms. The summed E-state index contributed by atoms with van der Waals surface area (Å²) in [6.07, 6.45) is 1.06. The van der Waals surface area contributed by atoms with Crippen molar-refractivity contribution in [3.63, 3.8) is 0 Å². The second kappa shape index (κ2) is 10.0. The first kappa shape index (κ1) is 23.4. The third-order valence-electron chi connectivity index (χ3n) is 5.37. The van der Waals surface area contributed by atoms with E-state index in [9.17, 15) is 4.79 Å². The smallest absolute Gasteiger partial charge is 0.257 e. The zero-order valence-corrected chi connectivity index (χ0v) is 21.1. The van der Waals surface area contributed by atoms with Gasteiger partial charge >= 0.3 is 0 Å². The summed E-state index contributed by atoms with van der Waals surface area (Å²) in [6.45, 7) is 4.36. The van der Waals surface area contributed by atoms with Crippen molar-refractivity contribution in [1.82, 2.24) is 10.3 Å². The van der Waals surface area contributed by atoms with Crippen LogP contribution in [0.5, 0.6) is 0 Å². The molecule has 1 atom stereocenters. The van der Waals surface area contributed by atoms with Crippen LogP contribution in [0.3, 0.4) is 0 Å². The van der Waals surface area contributed by atoms with Gasteiger partial charge in [0.15, 0.2) is 10.7 Å². The van der Waals surface area contributed by atoms with Gasteiger partial charge in [-0.2, -0.15) is 0 Å². The van der Waals surface area contributed by atoms with Gasteiger partial charge in [-0.25, -0.2) is 4.98 Å². The molecule has 168 valence electrons. The van der Waals surface area contributed by atoms with Crippen molar-refractivity contribution in [2.45, 2.75) is 26.2 Å². The molecule has 2 N–H and O–H groups in total. The topological polar surface area (TPSA) is 67.2 Å². The Balaban J connectivity index is 1.54. The SMILES string of the molecule is CC[C@H](C)c1ccc2oc(-c3ccc(Cl)c(NC(=S)NC(=O)c4cccc(Br)c4)c3)nc2c1. The Morgan fingerprint density at radius 3 is 2.76 bits per heavy atom. The minimum atomic E-state index is -0.322. The summed E-state index contributed by atoms with van der Waals surface area (Å²) >= 11 is 15.0. The summed E-state index contributed by atoms with van der Waals surface area (Å²) in [5.74, 6) is 0.612. The predicted octanol–water partition coefficient (Wildman–Crippen LogP) is 7.55. The number of nitrogens with zero attached hydrogens (tertiary/aromatic N) is 1. The van der Waals surface area contributed by atoms with Crippen LogP contribution in [0, 0.1) is 0 Å². The van der Waals surface area contributed by atoms with Crippen molar-refractivity contribution < 1.29 is 9.21 Å². The van der Waals surface area contributed by atoms with Crippen LogP contribution in [0.4, 0.5) is 5.69 Å². The minimum absolute atomic E-state index is 0.134. The monoisotopic (exact) mass is 541 g/mol. The predicted molar refractivity (Wildman–Crippen MR) is 141 cm³/mol. The van der Waals surface area contributed by atoms with Crippen LogP contribution in [-0.4, -0.2) is 16.0 Å². The van der Waals surface area contributed by atoms with Gasteiger partial charge in [0.25, 0.3) is 5.91 Å². The number of fused-ring (bicyclic) bond motifs is 1. The highest BCUT2D eigenvalue weighted by molar-refractivity contribution is 9.10. The molecular formula is C25H21BrClN3O2S. The molecule has 33 heavy (non-hydrogen) atoms. The second-order valence-corrected chi connectivity index (χ2v) is 9.40. The maximum atomic E-state index is 12.4. The minimum Gasteiger partial charge on any atom is -0.436 e. The van der Waals surface area contributed by atoms with Crippen molar-refractivity contribution in [1.29, 1.82) is 0 Å². The molecule has 1 amide bonds. The van der Waals surface area contributed by atoms with E-state index in [1.807, 2.05) is 18.2 Å². The molecule has 0 saturated carbocycles. The van der Waals surface area contributed by atoms with Crippen LogP contribution in [0.2, 0.25) is 5.02 Å². The van der Waals surface area contributed by atoms with E-state index >= 15 is 0 Å². The number of hydrogen-bond acceptors (Lipinski definition) is 4. The summed E-state index contributed by atoms with van der Waals surface area (Å²) in [5.41, 5.74) is 4.52. The number of anilines is 1. The Hall–Kier alpha value is -2.74. The summed E-state index contributed by atoms with van der Waals surface area (Å²) < 4.78 is 6.77. The molecule has 0 unspecified atom stereocenters. The van der Waals surface area contributed by atoms with E-state index in [2.05, 4.69) is 57.5 Å². The van der Waals surface area contributed by atoms with E-state index in [4.69, 9.17) is 28.2 Å². The van der Waals surface area contributed by atoms with Gasteiger partial charge in [0.1, 0.15) is 5.52 Å². The summed E-state index contributed by atoms with van der Waals surface area (Å²) in [7, 11) is 0. The van der Waals surface area contributed by atoms with Crippen LogP contribution in [0.1, 0.15) is 42.1 Å². The van der Waals surface area contributed by atoms with Crippen molar-refractivity contribution >= 4 is 67.6 Å². The maximum absolute atomic E-state index is 12.4. The molecule has 0 fully saturated rings. The molecule has 4 aromatic rings. The van der Waals surface area contributed by atoms with E-state index in [0.717, 1.165) is 27.6 Å². The molecule has 0 radical (unpaired) electrons. The highest BCUT2D eigenvalue weighted by Gasteiger charge is 2.14. The maximum Gasteiger partial charge on any atom is 0.257 e. The quantitative estimate of drug-likeness (QED) is 0.255. The zero-order chi connectivity index (χ0) is 23.5. The zero-order valence-electron chi connectivity index (χ0n) is 18.0. The number of benzene rings is 3. The first-order valence-corrected chi connectivity index (χ1v) is 12.0. The molecule has 0 aliphatic carbocycles. The van der Waals surface area contributed by atoms with Crippen LogP contribution in [0.15, 0.2) is 69.6 Å². The average molecular weight is 543 g/mol. The first-order chi connectivity index (χ1) is 15.8. The number of carbonyl (C=O) groups is 1. The third-order valence-corrected chi connectivity index (χ3v) is 6.40. The van der Waals surface area contributed by atoms with Gasteiger partial charge in [-0.05, 0) is 78.7 Å². The lowest BCUT2D eigenvalue weighted by Gasteiger charge is -2.12. The van der Waals surface area contributed by atoms with Crippen LogP contribution >= 0.6 is 39.7 Å². The molecule has 0 bridgehead atoms. The Bertz CT molecular complexity index is 1350. The summed E-state index contributed by atoms with van der Waals surface area (Å²) in [5, 5.41) is 6.24. The summed E-state index contributed by atoms with van der Waals surface area (Å²) in [6, 6.07) is 18.5. The standard InChI is InChI=1S/C25H21BrClN3O2S/c1-3-14(2)15-8-10-22-21(12-15)28-24(32-22)17-7-9-19(27)20(13-17)29-25(33)30-23(31)16-5-4-6-18(26)11-16/h4-14H,3H2,1-2H3,(H2,29,30,31,33)/t14-/m0/s1. The number of thiocarbonyl (C=S) groups is 1. The molecular weight excluding hydrogens is 522 g/mol. The van der Waals surface area contributed by atoms with Crippen molar-refractivity contribution in [3.05, 3.63) is 81.3 Å². The van der Waals surface area contributed by atoms with Crippen molar-refractivity contribution in [2.75, 3.05) is 5.32 Å². The fraction of sp³-hybridized carbons (Fsp3) is 0.160. The number of nitrogens with one attached hydrogen (secondary N) is 2.